The number of carbonyl (C=O) groups is 1. The summed E-state index contributed by atoms with van der Waals surface area (Å²) in [5.41, 5.74) is 1.95. The van der Waals surface area contributed by atoms with E-state index < -0.39 is 0 Å². The number of amides is 2. The molecule has 1 fully saturated rings. The molecule has 4 heteroatoms. The Kier molecular flexibility index (Phi) is 5.87. The lowest BCUT2D eigenvalue weighted by atomic mass is 9.94. The van der Waals surface area contributed by atoms with Crippen LogP contribution in [-0.2, 0) is 0 Å². The van der Waals surface area contributed by atoms with Crippen molar-refractivity contribution in [1.82, 2.24) is 4.90 Å². The van der Waals surface area contributed by atoms with Gasteiger partial charge in [-0.2, -0.15) is 0 Å². The second-order valence-corrected chi connectivity index (χ2v) is 6.10. The fourth-order valence-electron chi connectivity index (χ4n) is 2.97. The third-order valence-corrected chi connectivity index (χ3v) is 4.24. The first kappa shape index (κ1) is 16.4. The van der Waals surface area contributed by atoms with Gasteiger partial charge in [-0.3, -0.25) is 0 Å². The fraction of sp³-hybridized carbons (Fsp3) is 0.500. The lowest BCUT2D eigenvalue weighted by Gasteiger charge is -2.33. The third kappa shape index (κ3) is 4.26. The summed E-state index contributed by atoms with van der Waals surface area (Å²) in [6.45, 7) is 4.39. The second kappa shape index (κ2) is 7.87. The number of anilines is 2. The number of hydrogen-bond donors (Lipinski definition) is 1. The largest absolute Gasteiger partial charge is 0.378 e. The average Bonchev–Trinajstić information content (AvgIpc) is 2.53. The van der Waals surface area contributed by atoms with Gasteiger partial charge in [-0.15, -0.1) is 6.58 Å². The van der Waals surface area contributed by atoms with Crippen LogP contribution in [0.15, 0.2) is 36.9 Å². The van der Waals surface area contributed by atoms with Crippen molar-refractivity contribution in [2.45, 2.75) is 38.1 Å². The van der Waals surface area contributed by atoms with E-state index in [1.54, 1.807) is 0 Å². The zero-order valence-electron chi connectivity index (χ0n) is 13.7. The van der Waals surface area contributed by atoms with Gasteiger partial charge in [0.05, 0.1) is 0 Å². The van der Waals surface area contributed by atoms with E-state index in [4.69, 9.17) is 0 Å². The van der Waals surface area contributed by atoms with E-state index in [2.05, 4.69) is 11.9 Å². The van der Waals surface area contributed by atoms with Crippen LogP contribution >= 0.6 is 0 Å². The van der Waals surface area contributed by atoms with Gasteiger partial charge in [-0.1, -0.05) is 25.3 Å². The minimum absolute atomic E-state index is 0.0237. The molecule has 1 aliphatic carbocycles. The first-order chi connectivity index (χ1) is 10.6. The summed E-state index contributed by atoms with van der Waals surface area (Å²) in [4.78, 5) is 16.5. The second-order valence-electron chi connectivity index (χ2n) is 6.10. The van der Waals surface area contributed by atoms with E-state index in [1.165, 1.54) is 19.3 Å². The molecule has 2 amide bonds. The summed E-state index contributed by atoms with van der Waals surface area (Å²) < 4.78 is 0. The number of carbonyl (C=O) groups excluding carboxylic acids is 1. The Hall–Kier alpha value is -1.97. The number of nitrogens with zero attached hydrogens (tertiary/aromatic N) is 2. The van der Waals surface area contributed by atoms with Crippen LogP contribution in [0, 0.1) is 0 Å². The Bertz CT molecular complexity index is 490. The van der Waals surface area contributed by atoms with E-state index >= 15 is 0 Å². The zero-order valence-corrected chi connectivity index (χ0v) is 13.7. The molecule has 1 aromatic carbocycles. The minimum Gasteiger partial charge on any atom is -0.378 e. The number of benzene rings is 1. The van der Waals surface area contributed by atoms with Gasteiger partial charge < -0.3 is 15.1 Å². The van der Waals surface area contributed by atoms with E-state index in [9.17, 15) is 4.79 Å². The van der Waals surface area contributed by atoms with Crippen molar-refractivity contribution in [3.63, 3.8) is 0 Å². The number of nitrogens with one attached hydrogen (secondary N) is 1. The normalized spacial score (nSPS) is 15.2. The molecule has 0 bridgehead atoms. The molecule has 0 radical (unpaired) electrons. The molecule has 1 N–H and O–H groups in total. The Morgan fingerprint density at radius 1 is 1.23 bits per heavy atom. The van der Waals surface area contributed by atoms with Crippen LogP contribution in [0.4, 0.5) is 16.2 Å². The number of hydrogen-bond acceptors (Lipinski definition) is 2. The quantitative estimate of drug-likeness (QED) is 0.831. The maximum atomic E-state index is 12.6. The highest BCUT2D eigenvalue weighted by Gasteiger charge is 2.24. The Balaban J connectivity index is 2.02. The smallest absolute Gasteiger partial charge is 0.322 e. The van der Waals surface area contributed by atoms with Gasteiger partial charge in [0.2, 0.25) is 0 Å². The molecule has 0 aromatic heterocycles. The highest BCUT2D eigenvalue weighted by Crippen LogP contribution is 2.23. The van der Waals surface area contributed by atoms with Gasteiger partial charge in [0, 0.05) is 38.1 Å². The van der Waals surface area contributed by atoms with Crippen molar-refractivity contribution >= 4 is 17.4 Å². The van der Waals surface area contributed by atoms with Crippen molar-refractivity contribution < 1.29 is 4.79 Å². The summed E-state index contributed by atoms with van der Waals surface area (Å²) in [5, 5.41) is 3.01. The highest BCUT2D eigenvalue weighted by molar-refractivity contribution is 5.89. The number of urea groups is 1. The van der Waals surface area contributed by atoms with Crippen molar-refractivity contribution in [1.29, 1.82) is 0 Å². The monoisotopic (exact) mass is 301 g/mol. The molecule has 2 rings (SSSR count). The van der Waals surface area contributed by atoms with Crippen LogP contribution in [-0.4, -0.2) is 37.6 Å². The minimum atomic E-state index is -0.0237. The van der Waals surface area contributed by atoms with Crippen LogP contribution in [0.3, 0.4) is 0 Å². The molecule has 1 aromatic rings. The van der Waals surface area contributed by atoms with E-state index in [0.29, 0.717) is 12.6 Å². The third-order valence-electron chi connectivity index (χ3n) is 4.24. The maximum absolute atomic E-state index is 12.6. The molecular weight excluding hydrogens is 274 g/mol. The van der Waals surface area contributed by atoms with E-state index in [0.717, 1.165) is 24.2 Å². The zero-order chi connectivity index (χ0) is 15.9. The molecule has 0 saturated heterocycles. The molecular formula is C18H27N3O. The first-order valence-corrected chi connectivity index (χ1v) is 8.07. The lowest BCUT2D eigenvalue weighted by Crippen LogP contribution is -2.43. The van der Waals surface area contributed by atoms with E-state index in [1.807, 2.05) is 54.2 Å². The predicted octanol–water partition coefficient (Wildman–Crippen LogP) is 4.11. The Morgan fingerprint density at radius 3 is 2.41 bits per heavy atom. The molecule has 0 unspecified atom stereocenters. The van der Waals surface area contributed by atoms with Crippen LogP contribution < -0.4 is 10.2 Å². The molecule has 0 heterocycles. The Labute approximate surface area is 133 Å². The van der Waals surface area contributed by atoms with Gasteiger partial charge in [0.1, 0.15) is 0 Å². The lowest BCUT2D eigenvalue weighted by molar-refractivity contribution is 0.176. The SMILES string of the molecule is C=CCN(C(=O)Nc1ccc(N(C)C)cc1)C1CCCCC1. The molecule has 1 aliphatic rings. The van der Waals surface area contributed by atoms with Gasteiger partial charge >= 0.3 is 6.03 Å². The fourth-order valence-corrected chi connectivity index (χ4v) is 2.97. The van der Waals surface area contributed by atoms with Crippen LogP contribution in [0.25, 0.3) is 0 Å². The summed E-state index contributed by atoms with van der Waals surface area (Å²) in [6.07, 6.45) is 7.71. The molecule has 4 nitrogen and oxygen atoms in total. The van der Waals surface area contributed by atoms with Crippen molar-refractivity contribution in [3.8, 4) is 0 Å². The summed E-state index contributed by atoms with van der Waals surface area (Å²) in [5.74, 6) is 0. The van der Waals surface area contributed by atoms with E-state index in [-0.39, 0.29) is 6.03 Å². The molecule has 120 valence electrons. The topological polar surface area (TPSA) is 35.6 Å². The Morgan fingerprint density at radius 2 is 1.86 bits per heavy atom. The summed E-state index contributed by atoms with van der Waals surface area (Å²) in [7, 11) is 4.00. The molecule has 0 aliphatic heterocycles. The summed E-state index contributed by atoms with van der Waals surface area (Å²) in [6, 6.07) is 8.22. The average molecular weight is 301 g/mol. The van der Waals surface area contributed by atoms with Gasteiger partial charge in [-0.25, -0.2) is 4.79 Å². The highest BCUT2D eigenvalue weighted by atomic mass is 16.2. The van der Waals surface area contributed by atoms with Crippen molar-refractivity contribution in [2.24, 2.45) is 0 Å². The molecule has 0 atom stereocenters. The van der Waals surface area contributed by atoms with Crippen LogP contribution in [0.2, 0.25) is 0 Å². The number of rotatable bonds is 5. The molecule has 0 spiro atoms. The predicted molar refractivity (Wildman–Crippen MR) is 93.6 cm³/mol. The van der Waals surface area contributed by atoms with Crippen LogP contribution in [0.1, 0.15) is 32.1 Å². The maximum Gasteiger partial charge on any atom is 0.322 e. The summed E-state index contributed by atoms with van der Waals surface area (Å²) >= 11 is 0. The van der Waals surface area contributed by atoms with Gasteiger partial charge in [0.25, 0.3) is 0 Å². The van der Waals surface area contributed by atoms with Gasteiger partial charge in [0.15, 0.2) is 0 Å². The van der Waals surface area contributed by atoms with Gasteiger partial charge in [-0.05, 0) is 37.1 Å². The van der Waals surface area contributed by atoms with Crippen molar-refractivity contribution in [3.05, 3.63) is 36.9 Å². The standard InChI is InChI=1S/C18H27N3O/c1-4-14-21(17-8-6-5-7-9-17)18(22)19-15-10-12-16(13-11-15)20(2)3/h4,10-13,17H,1,5-9,14H2,2-3H3,(H,19,22). The van der Waals surface area contributed by atoms with Crippen LogP contribution in [0.5, 0.6) is 0 Å². The molecule has 22 heavy (non-hydrogen) atoms. The van der Waals surface area contributed by atoms with Crippen molar-refractivity contribution in [2.75, 3.05) is 30.9 Å². The molecule has 1 saturated carbocycles. The first-order valence-electron chi connectivity index (χ1n) is 8.07.